The molecule has 1 aromatic rings. The van der Waals surface area contributed by atoms with Crippen LogP contribution in [0.25, 0.3) is 0 Å². The van der Waals surface area contributed by atoms with E-state index in [4.69, 9.17) is 23.7 Å². The number of amides is 1. The predicted molar refractivity (Wildman–Crippen MR) is 99.8 cm³/mol. The fourth-order valence-corrected chi connectivity index (χ4v) is 1.94. The molecule has 7 nitrogen and oxygen atoms in total. The number of carbonyl (C=O) groups excluding carboxylic acids is 1. The summed E-state index contributed by atoms with van der Waals surface area (Å²) in [6.07, 6.45) is 0.235. The van der Waals surface area contributed by atoms with Gasteiger partial charge in [-0.2, -0.15) is 0 Å². The SMILES string of the molecule is CC(=O)Nc1ccc(OCCOCCOCCOCCOC(C)C)cc1. The summed E-state index contributed by atoms with van der Waals surface area (Å²) in [5.41, 5.74) is 0.745. The van der Waals surface area contributed by atoms with Crippen molar-refractivity contribution < 1.29 is 28.5 Å². The van der Waals surface area contributed by atoms with Crippen LogP contribution in [0.4, 0.5) is 5.69 Å². The van der Waals surface area contributed by atoms with Crippen molar-refractivity contribution in [1.82, 2.24) is 0 Å². The summed E-state index contributed by atoms with van der Waals surface area (Å²) < 4.78 is 27.1. The van der Waals surface area contributed by atoms with E-state index >= 15 is 0 Å². The average Bonchev–Trinajstić information content (AvgIpc) is 2.59. The second-order valence-electron chi connectivity index (χ2n) is 5.81. The van der Waals surface area contributed by atoms with Crippen LogP contribution >= 0.6 is 0 Å². The minimum atomic E-state index is -0.0963. The van der Waals surface area contributed by atoms with Gasteiger partial charge < -0.3 is 29.0 Å². The van der Waals surface area contributed by atoms with Gasteiger partial charge in [-0.15, -0.1) is 0 Å². The molecule has 148 valence electrons. The molecule has 0 radical (unpaired) electrons. The van der Waals surface area contributed by atoms with Crippen molar-refractivity contribution in [1.29, 1.82) is 0 Å². The highest BCUT2D eigenvalue weighted by molar-refractivity contribution is 5.88. The van der Waals surface area contributed by atoms with E-state index in [0.717, 1.165) is 11.4 Å². The number of rotatable bonds is 15. The van der Waals surface area contributed by atoms with Gasteiger partial charge in [-0.3, -0.25) is 4.79 Å². The van der Waals surface area contributed by atoms with Gasteiger partial charge in [0.2, 0.25) is 5.91 Å². The minimum absolute atomic E-state index is 0.0963. The zero-order chi connectivity index (χ0) is 19.0. The van der Waals surface area contributed by atoms with E-state index < -0.39 is 0 Å². The molecule has 1 aromatic carbocycles. The van der Waals surface area contributed by atoms with Crippen LogP contribution in [0.5, 0.6) is 5.75 Å². The first-order valence-corrected chi connectivity index (χ1v) is 8.93. The van der Waals surface area contributed by atoms with Crippen LogP contribution < -0.4 is 10.1 Å². The summed E-state index contributed by atoms with van der Waals surface area (Å²) in [7, 11) is 0. The summed E-state index contributed by atoms with van der Waals surface area (Å²) in [5, 5.41) is 2.70. The Morgan fingerprint density at radius 3 is 1.85 bits per heavy atom. The Morgan fingerprint density at radius 2 is 1.35 bits per heavy atom. The van der Waals surface area contributed by atoms with Gasteiger partial charge in [0.15, 0.2) is 0 Å². The van der Waals surface area contributed by atoms with Crippen molar-refractivity contribution in [3.63, 3.8) is 0 Å². The molecule has 0 unspecified atom stereocenters. The van der Waals surface area contributed by atoms with E-state index in [9.17, 15) is 4.79 Å². The van der Waals surface area contributed by atoms with Crippen LogP contribution in [-0.4, -0.2) is 64.9 Å². The van der Waals surface area contributed by atoms with E-state index in [-0.39, 0.29) is 12.0 Å². The maximum Gasteiger partial charge on any atom is 0.221 e. The van der Waals surface area contributed by atoms with E-state index in [2.05, 4.69) is 5.32 Å². The Hall–Kier alpha value is -1.67. The van der Waals surface area contributed by atoms with E-state index in [1.807, 2.05) is 13.8 Å². The number of ether oxygens (including phenoxy) is 5. The zero-order valence-corrected chi connectivity index (χ0v) is 16.0. The summed E-state index contributed by atoms with van der Waals surface area (Å²) in [6.45, 7) is 9.74. The Morgan fingerprint density at radius 1 is 0.846 bits per heavy atom. The van der Waals surface area contributed by atoms with Gasteiger partial charge in [0, 0.05) is 12.6 Å². The molecular weight excluding hydrogens is 338 g/mol. The normalized spacial score (nSPS) is 10.9. The maximum atomic E-state index is 10.9. The van der Waals surface area contributed by atoms with E-state index in [1.165, 1.54) is 6.92 Å². The summed E-state index contributed by atoms with van der Waals surface area (Å²) in [6, 6.07) is 7.20. The number of benzene rings is 1. The lowest BCUT2D eigenvalue weighted by atomic mass is 10.3. The molecule has 0 heterocycles. The topological polar surface area (TPSA) is 75.3 Å². The number of nitrogens with one attached hydrogen (secondary N) is 1. The van der Waals surface area contributed by atoms with Crippen molar-refractivity contribution in [2.24, 2.45) is 0 Å². The van der Waals surface area contributed by atoms with Crippen molar-refractivity contribution in [2.75, 3.05) is 58.2 Å². The van der Waals surface area contributed by atoms with Crippen LogP contribution in [0.2, 0.25) is 0 Å². The van der Waals surface area contributed by atoms with Crippen molar-refractivity contribution in [2.45, 2.75) is 26.9 Å². The molecule has 0 bridgehead atoms. The summed E-state index contributed by atoms with van der Waals surface area (Å²) >= 11 is 0. The highest BCUT2D eigenvalue weighted by Crippen LogP contribution is 2.15. The molecule has 0 atom stereocenters. The van der Waals surface area contributed by atoms with Gasteiger partial charge in [-0.05, 0) is 38.1 Å². The molecule has 0 aromatic heterocycles. The first kappa shape index (κ1) is 22.4. The van der Waals surface area contributed by atoms with E-state index in [1.54, 1.807) is 24.3 Å². The van der Waals surface area contributed by atoms with Crippen molar-refractivity contribution in [3.8, 4) is 5.75 Å². The molecule has 1 rings (SSSR count). The number of hydrogen-bond donors (Lipinski definition) is 1. The minimum Gasteiger partial charge on any atom is -0.491 e. The largest absolute Gasteiger partial charge is 0.491 e. The highest BCUT2D eigenvalue weighted by atomic mass is 16.6. The number of anilines is 1. The molecule has 0 aliphatic rings. The average molecular weight is 369 g/mol. The predicted octanol–water partition coefficient (Wildman–Crippen LogP) is 2.50. The maximum absolute atomic E-state index is 10.9. The first-order valence-electron chi connectivity index (χ1n) is 8.93. The lowest BCUT2D eigenvalue weighted by Gasteiger charge is -2.09. The molecule has 1 N–H and O–H groups in total. The Bertz CT molecular complexity index is 477. The second-order valence-corrected chi connectivity index (χ2v) is 5.81. The number of carbonyl (C=O) groups is 1. The van der Waals surface area contributed by atoms with Crippen molar-refractivity contribution in [3.05, 3.63) is 24.3 Å². The van der Waals surface area contributed by atoms with Gasteiger partial charge in [0.25, 0.3) is 0 Å². The monoisotopic (exact) mass is 369 g/mol. The van der Waals surface area contributed by atoms with Crippen LogP contribution in [-0.2, 0) is 23.7 Å². The van der Waals surface area contributed by atoms with Crippen LogP contribution in [0, 0.1) is 0 Å². The van der Waals surface area contributed by atoms with E-state index in [0.29, 0.717) is 52.9 Å². The quantitative estimate of drug-likeness (QED) is 0.479. The van der Waals surface area contributed by atoms with Gasteiger partial charge in [0.1, 0.15) is 12.4 Å². The molecular formula is C19H31NO6. The fourth-order valence-electron chi connectivity index (χ4n) is 1.94. The van der Waals surface area contributed by atoms with Crippen LogP contribution in [0.3, 0.4) is 0 Å². The number of hydrogen-bond acceptors (Lipinski definition) is 6. The fraction of sp³-hybridized carbons (Fsp3) is 0.632. The Kier molecular flexibility index (Phi) is 12.5. The second kappa shape index (κ2) is 14.5. The van der Waals surface area contributed by atoms with Gasteiger partial charge in [0.05, 0.1) is 52.4 Å². The highest BCUT2D eigenvalue weighted by Gasteiger charge is 1.98. The standard InChI is InChI=1S/C19H31NO6/c1-16(2)25-14-12-23-10-8-22-9-11-24-13-15-26-19-6-4-18(5-7-19)20-17(3)21/h4-7,16H,8-15H2,1-3H3,(H,20,21). The third kappa shape index (κ3) is 12.7. The molecule has 0 saturated carbocycles. The van der Waals surface area contributed by atoms with Crippen LogP contribution in [0.15, 0.2) is 24.3 Å². The first-order chi connectivity index (χ1) is 12.6. The molecule has 1 amide bonds. The Balaban J connectivity index is 1.88. The molecule has 0 aliphatic carbocycles. The Labute approximate surface area is 155 Å². The smallest absolute Gasteiger partial charge is 0.221 e. The zero-order valence-electron chi connectivity index (χ0n) is 16.0. The third-order valence-corrected chi connectivity index (χ3v) is 3.09. The molecule has 7 heteroatoms. The van der Waals surface area contributed by atoms with Crippen molar-refractivity contribution >= 4 is 11.6 Å². The van der Waals surface area contributed by atoms with Gasteiger partial charge in [-0.1, -0.05) is 0 Å². The van der Waals surface area contributed by atoms with Crippen LogP contribution in [0.1, 0.15) is 20.8 Å². The molecule has 26 heavy (non-hydrogen) atoms. The molecule has 0 saturated heterocycles. The lowest BCUT2D eigenvalue weighted by molar-refractivity contribution is -0.114. The molecule has 0 aliphatic heterocycles. The summed E-state index contributed by atoms with van der Waals surface area (Å²) in [4.78, 5) is 10.9. The summed E-state index contributed by atoms with van der Waals surface area (Å²) in [5.74, 6) is 0.638. The molecule has 0 fully saturated rings. The lowest BCUT2D eigenvalue weighted by Crippen LogP contribution is -2.14. The third-order valence-electron chi connectivity index (χ3n) is 3.09. The molecule has 0 spiro atoms. The van der Waals surface area contributed by atoms with Gasteiger partial charge in [-0.25, -0.2) is 0 Å². The van der Waals surface area contributed by atoms with Gasteiger partial charge >= 0.3 is 0 Å².